The van der Waals surface area contributed by atoms with Crippen molar-refractivity contribution in [3.8, 4) is 5.75 Å². The molecular formula is C18H24N2O5. The van der Waals surface area contributed by atoms with Crippen molar-refractivity contribution in [1.29, 1.82) is 0 Å². The van der Waals surface area contributed by atoms with Gasteiger partial charge in [0.15, 0.2) is 12.0 Å². The second-order valence-corrected chi connectivity index (χ2v) is 5.87. The number of esters is 1. The van der Waals surface area contributed by atoms with E-state index in [-0.39, 0.29) is 6.29 Å². The van der Waals surface area contributed by atoms with Gasteiger partial charge in [-0.15, -0.1) is 0 Å². The van der Waals surface area contributed by atoms with Crippen molar-refractivity contribution in [1.82, 2.24) is 9.38 Å². The van der Waals surface area contributed by atoms with Crippen LogP contribution < -0.4 is 4.74 Å². The third kappa shape index (κ3) is 4.29. The first-order valence-electron chi connectivity index (χ1n) is 8.71. The number of aromatic nitrogens is 2. The molecule has 25 heavy (non-hydrogen) atoms. The molecule has 7 nitrogen and oxygen atoms in total. The van der Waals surface area contributed by atoms with Crippen molar-refractivity contribution < 1.29 is 23.7 Å². The molecule has 0 radical (unpaired) electrons. The van der Waals surface area contributed by atoms with Gasteiger partial charge in [-0.1, -0.05) is 0 Å². The number of aryl methyl sites for hydroxylation is 1. The van der Waals surface area contributed by atoms with E-state index in [4.69, 9.17) is 18.9 Å². The Morgan fingerprint density at radius 1 is 1.36 bits per heavy atom. The Kier molecular flexibility index (Phi) is 5.88. The first-order chi connectivity index (χ1) is 12.2. The molecule has 7 heteroatoms. The topological polar surface area (TPSA) is 71.3 Å². The minimum absolute atomic E-state index is 0.110. The predicted molar refractivity (Wildman–Crippen MR) is 90.9 cm³/mol. The molecule has 3 rings (SSSR count). The fraction of sp³-hybridized carbons (Fsp3) is 0.556. The Bertz CT molecular complexity index is 722. The number of fused-ring (bicyclic) bond motifs is 1. The van der Waals surface area contributed by atoms with Crippen molar-refractivity contribution in [2.24, 2.45) is 0 Å². The van der Waals surface area contributed by atoms with Crippen molar-refractivity contribution in [3.63, 3.8) is 0 Å². The average Bonchev–Trinajstić information content (AvgIpc) is 3.07. The summed E-state index contributed by atoms with van der Waals surface area (Å²) < 4.78 is 23.8. The molecule has 1 saturated heterocycles. The van der Waals surface area contributed by atoms with Crippen LogP contribution in [-0.2, 0) is 14.2 Å². The number of carbonyl (C=O) groups is 1. The maximum atomic E-state index is 11.8. The van der Waals surface area contributed by atoms with Gasteiger partial charge in [-0.25, -0.2) is 9.78 Å². The van der Waals surface area contributed by atoms with Gasteiger partial charge in [0.1, 0.15) is 18.0 Å². The quantitative estimate of drug-likeness (QED) is 0.566. The summed E-state index contributed by atoms with van der Waals surface area (Å²) in [6.45, 7) is 5.69. The number of carbonyl (C=O) groups excluding carboxylic acids is 1. The van der Waals surface area contributed by atoms with E-state index < -0.39 is 5.97 Å². The Balaban J connectivity index is 1.59. The molecule has 0 N–H and O–H groups in total. The minimum Gasteiger partial charge on any atom is -0.489 e. The predicted octanol–water partition coefficient (Wildman–Crippen LogP) is 2.74. The zero-order valence-electron chi connectivity index (χ0n) is 14.7. The van der Waals surface area contributed by atoms with Gasteiger partial charge >= 0.3 is 5.97 Å². The molecule has 1 unspecified atom stereocenters. The van der Waals surface area contributed by atoms with E-state index in [1.165, 1.54) is 0 Å². The Hall–Kier alpha value is -2.12. The van der Waals surface area contributed by atoms with Crippen LogP contribution in [0.2, 0.25) is 0 Å². The molecule has 2 aromatic heterocycles. The van der Waals surface area contributed by atoms with Crippen LogP contribution in [0.5, 0.6) is 5.75 Å². The van der Waals surface area contributed by atoms with Gasteiger partial charge in [-0.2, -0.15) is 0 Å². The molecule has 1 atom stereocenters. The van der Waals surface area contributed by atoms with Gasteiger partial charge in [0.25, 0.3) is 0 Å². The molecule has 0 aromatic carbocycles. The van der Waals surface area contributed by atoms with Gasteiger partial charge in [0.2, 0.25) is 0 Å². The van der Waals surface area contributed by atoms with E-state index in [1.54, 1.807) is 13.1 Å². The summed E-state index contributed by atoms with van der Waals surface area (Å²) in [5.74, 6) is 0.308. The molecule has 1 fully saturated rings. The molecule has 0 saturated carbocycles. The second-order valence-electron chi connectivity index (χ2n) is 5.87. The Labute approximate surface area is 146 Å². The van der Waals surface area contributed by atoms with Crippen LogP contribution >= 0.6 is 0 Å². The van der Waals surface area contributed by atoms with E-state index in [1.807, 2.05) is 23.5 Å². The molecule has 0 bridgehead atoms. The average molecular weight is 348 g/mol. The van der Waals surface area contributed by atoms with Crippen LogP contribution in [0.25, 0.3) is 5.65 Å². The van der Waals surface area contributed by atoms with E-state index in [2.05, 4.69) is 4.98 Å². The monoisotopic (exact) mass is 348 g/mol. The highest BCUT2D eigenvalue weighted by Crippen LogP contribution is 2.21. The van der Waals surface area contributed by atoms with E-state index in [0.29, 0.717) is 31.2 Å². The number of ether oxygens (including phenoxy) is 4. The molecule has 1 aliphatic rings. The van der Waals surface area contributed by atoms with Crippen molar-refractivity contribution in [2.45, 2.75) is 39.4 Å². The van der Waals surface area contributed by atoms with Crippen molar-refractivity contribution in [2.75, 3.05) is 26.4 Å². The maximum absolute atomic E-state index is 11.8. The number of hydrogen-bond acceptors (Lipinski definition) is 6. The lowest BCUT2D eigenvalue weighted by atomic mass is 10.2. The Morgan fingerprint density at radius 3 is 3.00 bits per heavy atom. The van der Waals surface area contributed by atoms with Crippen LogP contribution in [0.1, 0.15) is 42.4 Å². The maximum Gasteiger partial charge on any atom is 0.358 e. The summed E-state index contributed by atoms with van der Waals surface area (Å²) in [7, 11) is 0. The zero-order chi connectivity index (χ0) is 17.6. The van der Waals surface area contributed by atoms with Crippen LogP contribution in [0.4, 0.5) is 0 Å². The highest BCUT2D eigenvalue weighted by Gasteiger charge is 2.15. The van der Waals surface area contributed by atoms with E-state index >= 15 is 0 Å². The zero-order valence-corrected chi connectivity index (χ0v) is 14.7. The van der Waals surface area contributed by atoms with Gasteiger partial charge in [-0.05, 0) is 45.2 Å². The molecule has 3 heterocycles. The summed E-state index contributed by atoms with van der Waals surface area (Å²) >= 11 is 0. The SMILES string of the molecule is CCOC(=O)c1cn2c(C)c(OCCOC3CCCCO3)ccc2n1. The normalized spacial score (nSPS) is 17.6. The van der Waals surface area contributed by atoms with Crippen LogP contribution in [0.3, 0.4) is 0 Å². The van der Waals surface area contributed by atoms with Crippen LogP contribution in [-0.4, -0.2) is 48.1 Å². The molecular weight excluding hydrogens is 324 g/mol. The van der Waals surface area contributed by atoms with Gasteiger partial charge in [-0.3, -0.25) is 4.40 Å². The minimum atomic E-state index is -0.422. The van der Waals surface area contributed by atoms with Gasteiger partial charge in [0, 0.05) is 12.8 Å². The third-order valence-electron chi connectivity index (χ3n) is 4.10. The van der Waals surface area contributed by atoms with Crippen LogP contribution in [0.15, 0.2) is 18.3 Å². The lowest BCUT2D eigenvalue weighted by Crippen LogP contribution is -2.24. The summed E-state index contributed by atoms with van der Waals surface area (Å²) in [5, 5.41) is 0. The molecule has 2 aromatic rings. The fourth-order valence-corrected chi connectivity index (χ4v) is 2.80. The smallest absolute Gasteiger partial charge is 0.358 e. The lowest BCUT2D eigenvalue weighted by Gasteiger charge is -2.22. The number of pyridine rings is 1. The molecule has 0 amide bonds. The van der Waals surface area contributed by atoms with Crippen LogP contribution in [0, 0.1) is 6.92 Å². The summed E-state index contributed by atoms with van der Waals surface area (Å²) in [4.78, 5) is 16.1. The first kappa shape index (κ1) is 17.7. The Morgan fingerprint density at radius 2 is 2.24 bits per heavy atom. The van der Waals surface area contributed by atoms with Crippen molar-refractivity contribution in [3.05, 3.63) is 29.7 Å². The van der Waals surface area contributed by atoms with Gasteiger partial charge in [0.05, 0.1) is 18.9 Å². The molecule has 0 aliphatic carbocycles. The van der Waals surface area contributed by atoms with Crippen molar-refractivity contribution >= 4 is 11.6 Å². The number of rotatable bonds is 7. The second kappa shape index (κ2) is 8.31. The van der Waals surface area contributed by atoms with E-state index in [0.717, 1.165) is 37.3 Å². The summed E-state index contributed by atoms with van der Waals surface area (Å²) in [6, 6.07) is 3.67. The lowest BCUT2D eigenvalue weighted by molar-refractivity contribution is -0.165. The molecule has 136 valence electrons. The molecule has 0 spiro atoms. The molecule has 1 aliphatic heterocycles. The number of imidazole rings is 1. The highest BCUT2D eigenvalue weighted by molar-refractivity contribution is 5.88. The van der Waals surface area contributed by atoms with E-state index in [9.17, 15) is 4.79 Å². The summed E-state index contributed by atoms with van der Waals surface area (Å²) in [6.07, 6.45) is 4.75. The largest absolute Gasteiger partial charge is 0.489 e. The standard InChI is InChI=1S/C18H24N2O5/c1-3-22-18(21)14-12-20-13(2)15(7-8-16(20)19-14)23-10-11-25-17-6-4-5-9-24-17/h7-8,12,17H,3-6,9-11H2,1-2H3. The highest BCUT2D eigenvalue weighted by atomic mass is 16.7. The first-order valence-corrected chi connectivity index (χ1v) is 8.71. The third-order valence-corrected chi connectivity index (χ3v) is 4.10. The fourth-order valence-electron chi connectivity index (χ4n) is 2.80. The van der Waals surface area contributed by atoms with Gasteiger partial charge < -0.3 is 18.9 Å². The summed E-state index contributed by atoms with van der Waals surface area (Å²) in [5.41, 5.74) is 1.84. The number of nitrogens with zero attached hydrogens (tertiary/aromatic N) is 2. The number of hydrogen-bond donors (Lipinski definition) is 0.